The Morgan fingerprint density at radius 3 is 2.19 bits per heavy atom. The molecule has 186 valence electrons. The van der Waals surface area contributed by atoms with Crippen molar-refractivity contribution in [2.45, 2.75) is 19.4 Å². The molecule has 6 nitrogen and oxygen atoms in total. The Morgan fingerprint density at radius 1 is 0.865 bits per heavy atom. The van der Waals surface area contributed by atoms with Gasteiger partial charge in [0.1, 0.15) is 29.0 Å². The van der Waals surface area contributed by atoms with E-state index in [-0.39, 0.29) is 11.3 Å². The number of aliphatic hydroxyl groups is 1. The van der Waals surface area contributed by atoms with Gasteiger partial charge in [0, 0.05) is 16.1 Å². The standard InChI is InChI=1S/C30H25NO5S/c1-2-18-35-22-14-10-20(11-15-22)28(32)26-27(25-9-6-19-37-25)31(30(34)29(26)33)21-12-16-24(17-13-21)36-23-7-4-3-5-8-23/h3-17,19,27,32H,2,18H2,1H3/b28-26-. The number of anilines is 1. The van der Waals surface area contributed by atoms with E-state index in [9.17, 15) is 14.7 Å². The fraction of sp³-hybridized carbons (Fsp3) is 0.133. The van der Waals surface area contributed by atoms with Crippen LogP contribution in [0.2, 0.25) is 0 Å². The van der Waals surface area contributed by atoms with Crippen LogP contribution in [0.25, 0.3) is 5.76 Å². The van der Waals surface area contributed by atoms with Gasteiger partial charge in [0.25, 0.3) is 11.7 Å². The first kappa shape index (κ1) is 24.3. The van der Waals surface area contributed by atoms with Crippen molar-refractivity contribution in [3.8, 4) is 17.2 Å². The Morgan fingerprint density at radius 2 is 1.54 bits per heavy atom. The van der Waals surface area contributed by atoms with E-state index in [0.717, 1.165) is 11.3 Å². The molecule has 1 saturated heterocycles. The van der Waals surface area contributed by atoms with Gasteiger partial charge in [0.05, 0.1) is 12.2 Å². The number of thiophene rings is 1. The normalized spacial score (nSPS) is 16.7. The molecule has 0 spiro atoms. The number of carbonyl (C=O) groups is 2. The molecule has 1 amide bonds. The smallest absolute Gasteiger partial charge is 0.300 e. The summed E-state index contributed by atoms with van der Waals surface area (Å²) >= 11 is 1.42. The Kier molecular flexibility index (Phi) is 7.05. The topological polar surface area (TPSA) is 76.1 Å². The minimum atomic E-state index is -0.753. The summed E-state index contributed by atoms with van der Waals surface area (Å²) in [5, 5.41) is 13.1. The molecule has 0 radical (unpaired) electrons. The molecule has 0 bridgehead atoms. The van der Waals surface area contributed by atoms with Crippen LogP contribution < -0.4 is 14.4 Å². The van der Waals surface area contributed by atoms with Crippen LogP contribution >= 0.6 is 11.3 Å². The number of nitrogens with zero attached hydrogens (tertiary/aromatic N) is 1. The maximum absolute atomic E-state index is 13.3. The Hall–Kier alpha value is -4.36. The van der Waals surface area contributed by atoms with Crippen molar-refractivity contribution in [1.29, 1.82) is 0 Å². The maximum atomic E-state index is 13.3. The fourth-order valence-electron chi connectivity index (χ4n) is 4.20. The third kappa shape index (κ3) is 4.99. The van der Waals surface area contributed by atoms with Crippen LogP contribution in [0, 0.1) is 0 Å². The first-order valence-electron chi connectivity index (χ1n) is 12.0. The molecule has 5 rings (SSSR count). The van der Waals surface area contributed by atoms with Gasteiger partial charge < -0.3 is 14.6 Å². The summed E-state index contributed by atoms with van der Waals surface area (Å²) in [5.41, 5.74) is 1.03. The van der Waals surface area contributed by atoms with Gasteiger partial charge in [-0.05, 0) is 78.5 Å². The zero-order valence-electron chi connectivity index (χ0n) is 20.2. The van der Waals surface area contributed by atoms with Gasteiger partial charge in [-0.3, -0.25) is 14.5 Å². The van der Waals surface area contributed by atoms with Crippen LogP contribution in [0.5, 0.6) is 17.2 Å². The van der Waals surface area contributed by atoms with E-state index >= 15 is 0 Å². The summed E-state index contributed by atoms with van der Waals surface area (Å²) in [7, 11) is 0. The number of ether oxygens (including phenoxy) is 2. The predicted octanol–water partition coefficient (Wildman–Crippen LogP) is 6.96. The monoisotopic (exact) mass is 511 g/mol. The predicted molar refractivity (Wildman–Crippen MR) is 144 cm³/mol. The SMILES string of the molecule is CCCOc1ccc(/C(O)=C2/C(=O)C(=O)N(c3ccc(Oc4ccccc4)cc3)C2c2cccs2)cc1. The third-order valence-electron chi connectivity index (χ3n) is 5.95. The van der Waals surface area contributed by atoms with Crippen LogP contribution in [-0.4, -0.2) is 23.4 Å². The quantitative estimate of drug-likeness (QED) is 0.157. The van der Waals surface area contributed by atoms with Crippen molar-refractivity contribution in [1.82, 2.24) is 0 Å². The highest BCUT2D eigenvalue weighted by Crippen LogP contribution is 2.44. The van der Waals surface area contributed by atoms with E-state index in [2.05, 4.69) is 0 Å². The highest BCUT2D eigenvalue weighted by molar-refractivity contribution is 7.10. The van der Waals surface area contributed by atoms with Crippen LogP contribution in [0.1, 0.15) is 29.8 Å². The fourth-order valence-corrected chi connectivity index (χ4v) is 5.02. The molecule has 0 aliphatic carbocycles. The molecule has 1 aliphatic rings. The average Bonchev–Trinajstić information content (AvgIpc) is 3.55. The minimum Gasteiger partial charge on any atom is -0.507 e. The second-order valence-corrected chi connectivity index (χ2v) is 9.45. The van der Waals surface area contributed by atoms with Crippen LogP contribution in [0.3, 0.4) is 0 Å². The molecule has 37 heavy (non-hydrogen) atoms. The number of carbonyl (C=O) groups excluding carboxylic acids is 2. The van der Waals surface area contributed by atoms with Gasteiger partial charge >= 0.3 is 0 Å². The molecular weight excluding hydrogens is 486 g/mol. The number of ketones is 1. The van der Waals surface area contributed by atoms with E-state index in [1.54, 1.807) is 48.5 Å². The van der Waals surface area contributed by atoms with Gasteiger partial charge in [-0.25, -0.2) is 0 Å². The molecule has 1 aromatic heterocycles. The van der Waals surface area contributed by atoms with E-state index in [0.29, 0.717) is 35.1 Å². The molecule has 1 N–H and O–H groups in total. The molecule has 1 fully saturated rings. The van der Waals surface area contributed by atoms with Crippen LogP contribution in [0.15, 0.2) is 102 Å². The van der Waals surface area contributed by atoms with Crippen LogP contribution in [0.4, 0.5) is 5.69 Å². The minimum absolute atomic E-state index is 0.0549. The van der Waals surface area contributed by atoms with Gasteiger partial charge in [-0.15, -0.1) is 11.3 Å². The molecule has 4 aromatic rings. The molecule has 1 atom stereocenters. The maximum Gasteiger partial charge on any atom is 0.300 e. The summed E-state index contributed by atoms with van der Waals surface area (Å²) in [4.78, 5) is 28.8. The van der Waals surface area contributed by atoms with E-state index in [1.807, 2.05) is 54.8 Å². The Balaban J connectivity index is 1.50. The summed E-state index contributed by atoms with van der Waals surface area (Å²) in [5.74, 6) is 0.327. The van der Waals surface area contributed by atoms with Gasteiger partial charge in [-0.2, -0.15) is 0 Å². The van der Waals surface area contributed by atoms with Crippen molar-refractivity contribution in [3.63, 3.8) is 0 Å². The number of para-hydroxylation sites is 1. The lowest BCUT2D eigenvalue weighted by molar-refractivity contribution is -0.132. The molecule has 2 heterocycles. The first-order chi connectivity index (χ1) is 18.1. The molecule has 0 saturated carbocycles. The third-order valence-corrected chi connectivity index (χ3v) is 6.88. The second-order valence-electron chi connectivity index (χ2n) is 8.47. The number of amides is 1. The van der Waals surface area contributed by atoms with Gasteiger partial charge in [0.15, 0.2) is 0 Å². The lowest BCUT2D eigenvalue weighted by Crippen LogP contribution is -2.29. The van der Waals surface area contributed by atoms with Crippen molar-refractivity contribution in [3.05, 3.63) is 112 Å². The summed E-state index contributed by atoms with van der Waals surface area (Å²) in [6.07, 6.45) is 0.880. The summed E-state index contributed by atoms with van der Waals surface area (Å²) < 4.78 is 11.5. The first-order valence-corrected chi connectivity index (χ1v) is 12.9. The Labute approximate surface area is 219 Å². The highest BCUT2D eigenvalue weighted by atomic mass is 32.1. The zero-order chi connectivity index (χ0) is 25.8. The average molecular weight is 512 g/mol. The summed E-state index contributed by atoms with van der Waals surface area (Å²) in [6, 6.07) is 26.2. The molecule has 3 aromatic carbocycles. The van der Waals surface area contributed by atoms with E-state index in [1.165, 1.54) is 16.2 Å². The van der Waals surface area contributed by atoms with Crippen molar-refractivity contribution < 1.29 is 24.2 Å². The number of hydrogen-bond acceptors (Lipinski definition) is 6. The number of aliphatic hydroxyl groups excluding tert-OH is 1. The van der Waals surface area contributed by atoms with Crippen molar-refractivity contribution >= 4 is 34.5 Å². The lowest BCUT2D eigenvalue weighted by Gasteiger charge is -2.24. The van der Waals surface area contributed by atoms with Crippen LogP contribution in [-0.2, 0) is 9.59 Å². The molecule has 7 heteroatoms. The number of rotatable bonds is 8. The molecule has 1 unspecified atom stereocenters. The van der Waals surface area contributed by atoms with Crippen molar-refractivity contribution in [2.75, 3.05) is 11.5 Å². The molecular formula is C30H25NO5S. The van der Waals surface area contributed by atoms with E-state index in [4.69, 9.17) is 9.47 Å². The van der Waals surface area contributed by atoms with Gasteiger partial charge in [-0.1, -0.05) is 31.2 Å². The number of hydrogen-bond donors (Lipinski definition) is 1. The molecule has 1 aliphatic heterocycles. The van der Waals surface area contributed by atoms with E-state index < -0.39 is 17.7 Å². The number of benzene rings is 3. The number of Topliss-reactive ketones (excluding diaryl/α,β-unsaturated/α-hetero) is 1. The van der Waals surface area contributed by atoms with Gasteiger partial charge in [0.2, 0.25) is 0 Å². The second kappa shape index (κ2) is 10.7. The largest absolute Gasteiger partial charge is 0.507 e. The summed E-state index contributed by atoms with van der Waals surface area (Å²) in [6.45, 7) is 2.61. The Bertz CT molecular complexity index is 1410. The lowest BCUT2D eigenvalue weighted by atomic mass is 9.99. The van der Waals surface area contributed by atoms with Crippen molar-refractivity contribution in [2.24, 2.45) is 0 Å². The highest BCUT2D eigenvalue weighted by Gasteiger charge is 2.47. The zero-order valence-corrected chi connectivity index (χ0v) is 21.0.